The van der Waals surface area contributed by atoms with Gasteiger partial charge in [0.05, 0.1) is 34.7 Å². The van der Waals surface area contributed by atoms with Crippen LogP contribution in [0.4, 0.5) is 10.1 Å². The molecular weight excluding hydrogens is 457 g/mol. The van der Waals surface area contributed by atoms with E-state index >= 15 is 4.39 Å². The number of nitrogen functional groups attached to an aromatic ring is 1. The number of nitrogens with zero attached hydrogens (tertiary/aromatic N) is 1. The number of aliphatic hydroxyl groups is 1. The van der Waals surface area contributed by atoms with Crippen molar-refractivity contribution in [2.24, 2.45) is 0 Å². The predicted octanol–water partition coefficient (Wildman–Crippen LogP) is 2.93. The van der Waals surface area contributed by atoms with Gasteiger partial charge in [0.1, 0.15) is 11.4 Å². The third kappa shape index (κ3) is 4.57. The van der Waals surface area contributed by atoms with Crippen molar-refractivity contribution in [1.29, 1.82) is 0 Å². The summed E-state index contributed by atoms with van der Waals surface area (Å²) < 4.78 is 22.7. The van der Waals surface area contributed by atoms with Gasteiger partial charge in [-0.2, -0.15) is 0 Å². The molecule has 10 heteroatoms. The van der Waals surface area contributed by atoms with Gasteiger partial charge in [-0.05, 0) is 50.5 Å². The molecule has 1 aliphatic carbocycles. The number of anilines is 1. The zero-order valence-electron chi connectivity index (χ0n) is 19.5. The van der Waals surface area contributed by atoms with Crippen molar-refractivity contribution < 1.29 is 28.9 Å². The molecule has 35 heavy (non-hydrogen) atoms. The first-order chi connectivity index (χ1) is 16.4. The van der Waals surface area contributed by atoms with Crippen LogP contribution in [0, 0.1) is 5.82 Å². The van der Waals surface area contributed by atoms with E-state index in [1.54, 1.807) is 18.4 Å². The summed E-state index contributed by atoms with van der Waals surface area (Å²) in [5, 5.41) is 21.8. The second-order valence-corrected chi connectivity index (χ2v) is 9.28. The number of nitrogens with two attached hydrogens (primary N) is 1. The number of halogens is 1. The summed E-state index contributed by atoms with van der Waals surface area (Å²) in [7, 11) is 1.34. The number of methoxy groups -OCH3 is 1. The van der Waals surface area contributed by atoms with Crippen molar-refractivity contribution in [2.45, 2.75) is 38.3 Å². The van der Waals surface area contributed by atoms with Crippen molar-refractivity contribution in [2.75, 3.05) is 19.4 Å². The first kappa shape index (κ1) is 24.2. The smallest absolute Gasteiger partial charge is 0.341 e. The molecule has 3 aromatic rings. The van der Waals surface area contributed by atoms with Crippen LogP contribution in [0.25, 0.3) is 22.0 Å². The molecule has 0 bridgehead atoms. The monoisotopic (exact) mass is 483 g/mol. The number of hydrogen-bond donors (Lipinski definition) is 4. The maximum atomic E-state index is 15.4. The molecule has 184 valence electrons. The largest absolute Gasteiger partial charge is 0.494 e. The lowest BCUT2D eigenvalue weighted by molar-refractivity contribution is 0.0694. The molecule has 0 spiro atoms. The minimum Gasteiger partial charge on any atom is -0.494 e. The molecule has 2 aromatic carbocycles. The predicted molar refractivity (Wildman–Crippen MR) is 128 cm³/mol. The maximum Gasteiger partial charge on any atom is 0.341 e. The number of carboxylic acid groups (broad SMARTS) is 1. The van der Waals surface area contributed by atoms with Crippen LogP contribution in [0.3, 0.4) is 0 Å². The Bertz CT molecular complexity index is 1420. The molecule has 1 amide bonds. The average molecular weight is 483 g/mol. The number of aromatic nitrogens is 1. The normalized spacial score (nSPS) is 13.6. The summed E-state index contributed by atoms with van der Waals surface area (Å²) in [6.07, 6.45) is 2.85. The Balaban J connectivity index is 1.88. The zero-order chi connectivity index (χ0) is 25.7. The molecule has 0 atom stereocenters. The molecule has 0 aliphatic heterocycles. The SMILES string of the molecule is COc1c(-c2ccc(C(=O)NCC(C)(C)O)c(N)c2)c(F)cc2c(=O)c(C(=O)O)cn(C3CC3)c12. The van der Waals surface area contributed by atoms with Crippen molar-refractivity contribution in [3.05, 3.63) is 57.6 Å². The van der Waals surface area contributed by atoms with Crippen molar-refractivity contribution >= 4 is 28.5 Å². The number of pyridine rings is 1. The second kappa shape index (κ2) is 8.70. The fraction of sp³-hybridized carbons (Fsp3) is 0.320. The van der Waals surface area contributed by atoms with Crippen LogP contribution in [0.2, 0.25) is 0 Å². The number of hydrogen-bond acceptors (Lipinski definition) is 6. The summed E-state index contributed by atoms with van der Waals surface area (Å²) in [5.41, 5.74) is 4.64. The van der Waals surface area contributed by atoms with Crippen molar-refractivity contribution in [3.8, 4) is 16.9 Å². The van der Waals surface area contributed by atoms with E-state index in [1.807, 2.05) is 0 Å². The van der Waals surface area contributed by atoms with Crippen LogP contribution in [0.1, 0.15) is 53.4 Å². The third-order valence-corrected chi connectivity index (χ3v) is 5.86. The van der Waals surface area contributed by atoms with Crippen LogP contribution in [0.15, 0.2) is 35.3 Å². The number of carbonyl (C=O) groups is 2. The van der Waals surface area contributed by atoms with E-state index in [2.05, 4.69) is 5.32 Å². The second-order valence-electron chi connectivity index (χ2n) is 9.28. The van der Waals surface area contributed by atoms with Gasteiger partial charge in [0.15, 0.2) is 5.75 Å². The minimum atomic E-state index is -1.39. The van der Waals surface area contributed by atoms with E-state index in [-0.39, 0.29) is 40.5 Å². The highest BCUT2D eigenvalue weighted by Gasteiger charge is 2.30. The highest BCUT2D eigenvalue weighted by Crippen LogP contribution is 2.44. The van der Waals surface area contributed by atoms with E-state index < -0.39 is 34.3 Å². The van der Waals surface area contributed by atoms with Crippen LogP contribution in [0.5, 0.6) is 5.75 Å². The highest BCUT2D eigenvalue weighted by atomic mass is 19.1. The molecule has 0 unspecified atom stereocenters. The molecule has 9 nitrogen and oxygen atoms in total. The van der Waals surface area contributed by atoms with Gasteiger partial charge in [-0.1, -0.05) is 6.07 Å². The molecule has 5 N–H and O–H groups in total. The fourth-order valence-corrected chi connectivity index (χ4v) is 4.03. The highest BCUT2D eigenvalue weighted by molar-refractivity contribution is 6.01. The molecule has 4 rings (SSSR count). The van der Waals surface area contributed by atoms with Crippen LogP contribution < -0.4 is 21.2 Å². The number of rotatable bonds is 7. The summed E-state index contributed by atoms with van der Waals surface area (Å²) >= 11 is 0. The van der Waals surface area contributed by atoms with Gasteiger partial charge in [0, 0.05) is 24.5 Å². The van der Waals surface area contributed by atoms with Gasteiger partial charge >= 0.3 is 5.97 Å². The molecule has 1 heterocycles. The molecule has 1 fully saturated rings. The quantitative estimate of drug-likeness (QED) is 0.378. The Labute approximate surface area is 199 Å². The number of amides is 1. The first-order valence-electron chi connectivity index (χ1n) is 11.0. The van der Waals surface area contributed by atoms with Crippen LogP contribution in [-0.4, -0.2) is 45.9 Å². The molecule has 0 radical (unpaired) electrons. The summed E-state index contributed by atoms with van der Waals surface area (Å²) in [4.78, 5) is 36.9. The lowest BCUT2D eigenvalue weighted by Gasteiger charge is -2.19. The standard InChI is InChI=1S/C25H26FN3O6/c1-25(2,34)11-28-23(31)14-7-4-12(8-18(14)27)19-17(26)9-15-20(22(19)35-3)29(13-5-6-13)10-16(21(15)30)24(32)33/h4,7-10,13,34H,5-6,11,27H2,1-3H3,(H,28,31)(H,32,33). The fourth-order valence-electron chi connectivity index (χ4n) is 4.03. The Morgan fingerprint density at radius 3 is 2.49 bits per heavy atom. The number of carboxylic acids is 1. The van der Waals surface area contributed by atoms with Crippen molar-refractivity contribution in [3.63, 3.8) is 0 Å². The van der Waals surface area contributed by atoms with Crippen molar-refractivity contribution in [1.82, 2.24) is 9.88 Å². The zero-order valence-corrected chi connectivity index (χ0v) is 19.5. The Kier molecular flexibility index (Phi) is 6.02. The maximum absolute atomic E-state index is 15.4. The van der Waals surface area contributed by atoms with E-state index in [0.717, 1.165) is 18.9 Å². The van der Waals surface area contributed by atoms with E-state index in [0.29, 0.717) is 11.1 Å². The van der Waals surface area contributed by atoms with Gasteiger partial charge < -0.3 is 30.6 Å². The van der Waals surface area contributed by atoms with Gasteiger partial charge in [0.2, 0.25) is 5.43 Å². The van der Waals surface area contributed by atoms with E-state index in [1.165, 1.54) is 31.5 Å². The van der Waals surface area contributed by atoms with Gasteiger partial charge in [-0.15, -0.1) is 0 Å². The third-order valence-electron chi connectivity index (χ3n) is 5.86. The number of benzene rings is 2. The Morgan fingerprint density at radius 2 is 1.94 bits per heavy atom. The van der Waals surface area contributed by atoms with Gasteiger partial charge in [-0.25, -0.2) is 9.18 Å². The number of ether oxygens (including phenoxy) is 1. The molecular formula is C25H26FN3O6. The number of carbonyl (C=O) groups excluding carboxylic acids is 1. The molecule has 1 aliphatic rings. The average Bonchev–Trinajstić information content (AvgIpc) is 3.61. The van der Waals surface area contributed by atoms with Crippen LogP contribution >= 0.6 is 0 Å². The number of aromatic carboxylic acids is 1. The molecule has 1 saturated carbocycles. The molecule has 0 saturated heterocycles. The summed E-state index contributed by atoms with van der Waals surface area (Å²) in [6.45, 7) is 3.11. The van der Waals surface area contributed by atoms with Gasteiger partial charge in [0.25, 0.3) is 5.91 Å². The summed E-state index contributed by atoms with van der Waals surface area (Å²) in [6, 6.07) is 5.36. The Morgan fingerprint density at radius 1 is 1.26 bits per heavy atom. The topological polar surface area (TPSA) is 144 Å². The lowest BCUT2D eigenvalue weighted by Crippen LogP contribution is -2.38. The van der Waals surface area contributed by atoms with Crippen LogP contribution in [-0.2, 0) is 0 Å². The minimum absolute atomic E-state index is 0.0111. The number of nitrogens with one attached hydrogen (secondary N) is 1. The molecule has 1 aromatic heterocycles. The number of fused-ring (bicyclic) bond motifs is 1. The Hall–Kier alpha value is -3.92. The lowest BCUT2D eigenvalue weighted by atomic mass is 9.97. The van der Waals surface area contributed by atoms with E-state index in [9.17, 15) is 24.6 Å². The van der Waals surface area contributed by atoms with Gasteiger partial charge in [-0.3, -0.25) is 9.59 Å². The van der Waals surface area contributed by atoms with E-state index in [4.69, 9.17) is 10.5 Å². The first-order valence-corrected chi connectivity index (χ1v) is 11.0. The summed E-state index contributed by atoms with van der Waals surface area (Å²) in [5.74, 6) is -2.61.